The van der Waals surface area contributed by atoms with Crippen LogP contribution in [-0.4, -0.2) is 29.5 Å². The van der Waals surface area contributed by atoms with Gasteiger partial charge in [-0.1, -0.05) is 55.5 Å². The third kappa shape index (κ3) is 4.27. The van der Waals surface area contributed by atoms with Gasteiger partial charge in [-0.2, -0.15) is 0 Å². The summed E-state index contributed by atoms with van der Waals surface area (Å²) >= 11 is 0. The lowest BCUT2D eigenvalue weighted by Gasteiger charge is -2.32. The molecule has 1 aromatic heterocycles. The second-order valence-corrected chi connectivity index (χ2v) is 7.96. The quantitative estimate of drug-likeness (QED) is 0.517. The summed E-state index contributed by atoms with van der Waals surface area (Å²) in [6.45, 7) is 6.02. The van der Waals surface area contributed by atoms with Crippen molar-refractivity contribution in [3.63, 3.8) is 0 Å². The van der Waals surface area contributed by atoms with Crippen LogP contribution in [0.25, 0.3) is 10.9 Å². The first kappa shape index (κ1) is 18.3. The van der Waals surface area contributed by atoms with E-state index in [0.717, 1.165) is 12.3 Å². The van der Waals surface area contributed by atoms with E-state index in [9.17, 15) is 0 Å². The van der Waals surface area contributed by atoms with Crippen molar-refractivity contribution in [3.05, 3.63) is 71.4 Å². The molecule has 142 valence electrons. The third-order valence-corrected chi connectivity index (χ3v) is 6.27. The molecule has 1 aliphatic heterocycles. The van der Waals surface area contributed by atoms with E-state index in [1.165, 1.54) is 73.9 Å². The van der Waals surface area contributed by atoms with Crippen LogP contribution in [-0.2, 0) is 12.8 Å². The van der Waals surface area contributed by atoms with Crippen LogP contribution in [0.15, 0.2) is 54.6 Å². The summed E-state index contributed by atoms with van der Waals surface area (Å²) in [6.07, 6.45) is 7.51. The molecule has 3 aromatic rings. The average Bonchev–Trinajstić information content (AvgIpc) is 3.10. The number of fused-ring (bicyclic) bond motifs is 1. The number of likely N-dealkylation sites (tertiary alicyclic amines) is 1. The Morgan fingerprint density at radius 2 is 1.67 bits per heavy atom. The fourth-order valence-corrected chi connectivity index (χ4v) is 4.70. The molecule has 2 aromatic carbocycles. The molecule has 0 aliphatic carbocycles. The standard InChI is InChI=1S/C25H32N2/c1-2-24-22(23-12-6-7-14-25(23)26-24)13-8-9-17-27-18-15-21(16-19-27)20-10-4-3-5-11-20/h3-7,10-12,14,21,26H,2,8-9,13,15-19H2,1H3. The van der Waals surface area contributed by atoms with Crippen molar-refractivity contribution in [3.8, 4) is 0 Å². The minimum absolute atomic E-state index is 0.765. The maximum Gasteiger partial charge on any atom is 0.0458 e. The van der Waals surface area contributed by atoms with Crippen LogP contribution in [0.3, 0.4) is 0 Å². The van der Waals surface area contributed by atoms with E-state index in [1.807, 2.05) is 0 Å². The molecule has 0 saturated carbocycles. The predicted octanol–water partition coefficient (Wildman–Crippen LogP) is 5.93. The summed E-state index contributed by atoms with van der Waals surface area (Å²) in [7, 11) is 0. The zero-order chi connectivity index (χ0) is 18.5. The number of nitrogens with one attached hydrogen (secondary N) is 1. The Balaban J connectivity index is 1.25. The van der Waals surface area contributed by atoms with Gasteiger partial charge in [0.05, 0.1) is 0 Å². The van der Waals surface area contributed by atoms with Crippen LogP contribution >= 0.6 is 0 Å². The SMILES string of the molecule is CCc1[nH]c2ccccc2c1CCCCN1CCC(c2ccccc2)CC1. The van der Waals surface area contributed by atoms with Gasteiger partial charge in [0, 0.05) is 16.6 Å². The molecule has 2 heteroatoms. The van der Waals surface area contributed by atoms with Crippen LogP contribution < -0.4 is 0 Å². The highest BCUT2D eigenvalue weighted by Gasteiger charge is 2.20. The number of aromatic nitrogens is 1. The summed E-state index contributed by atoms with van der Waals surface area (Å²) < 4.78 is 0. The molecule has 1 saturated heterocycles. The molecule has 0 atom stereocenters. The molecule has 1 aliphatic rings. The number of benzene rings is 2. The third-order valence-electron chi connectivity index (χ3n) is 6.27. The summed E-state index contributed by atoms with van der Waals surface area (Å²) in [5, 5.41) is 1.43. The number of aromatic amines is 1. The second-order valence-electron chi connectivity index (χ2n) is 7.96. The molecule has 27 heavy (non-hydrogen) atoms. The molecule has 1 N–H and O–H groups in total. The highest BCUT2D eigenvalue weighted by molar-refractivity contribution is 5.84. The highest BCUT2D eigenvalue weighted by atomic mass is 15.1. The summed E-state index contributed by atoms with van der Waals surface area (Å²) in [6, 6.07) is 19.8. The number of hydrogen-bond donors (Lipinski definition) is 1. The number of piperidine rings is 1. The minimum Gasteiger partial charge on any atom is -0.358 e. The molecule has 2 heterocycles. The van der Waals surface area contributed by atoms with Gasteiger partial charge in [-0.3, -0.25) is 0 Å². The monoisotopic (exact) mass is 360 g/mol. The molecule has 0 bridgehead atoms. The lowest BCUT2D eigenvalue weighted by Crippen LogP contribution is -2.33. The van der Waals surface area contributed by atoms with Gasteiger partial charge in [-0.25, -0.2) is 0 Å². The van der Waals surface area contributed by atoms with Gasteiger partial charge in [-0.05, 0) is 81.3 Å². The number of H-pyrrole nitrogens is 1. The fourth-order valence-electron chi connectivity index (χ4n) is 4.70. The van der Waals surface area contributed by atoms with Crippen LogP contribution in [0.4, 0.5) is 0 Å². The maximum atomic E-state index is 3.61. The Kier molecular flexibility index (Phi) is 5.94. The normalized spacial score (nSPS) is 16.2. The molecular formula is C25H32N2. The molecule has 0 spiro atoms. The first-order chi connectivity index (χ1) is 13.3. The van der Waals surface area contributed by atoms with E-state index < -0.39 is 0 Å². The van der Waals surface area contributed by atoms with E-state index in [4.69, 9.17) is 0 Å². The number of nitrogens with zero attached hydrogens (tertiary/aromatic N) is 1. The van der Waals surface area contributed by atoms with Crippen LogP contribution in [0.1, 0.15) is 55.3 Å². The Hall–Kier alpha value is -2.06. The second kappa shape index (κ2) is 8.75. The van der Waals surface area contributed by atoms with Crippen molar-refractivity contribution in [1.82, 2.24) is 9.88 Å². The Morgan fingerprint density at radius 3 is 2.44 bits per heavy atom. The Morgan fingerprint density at radius 1 is 0.926 bits per heavy atom. The summed E-state index contributed by atoms with van der Waals surface area (Å²) in [5.41, 5.74) is 5.81. The van der Waals surface area contributed by atoms with E-state index in [1.54, 1.807) is 5.56 Å². The van der Waals surface area contributed by atoms with E-state index in [-0.39, 0.29) is 0 Å². The number of unbranched alkanes of at least 4 members (excludes halogenated alkanes) is 1. The lowest BCUT2D eigenvalue weighted by molar-refractivity contribution is 0.209. The molecule has 1 fully saturated rings. The van der Waals surface area contributed by atoms with Crippen molar-refractivity contribution >= 4 is 10.9 Å². The van der Waals surface area contributed by atoms with Crippen molar-refractivity contribution in [2.24, 2.45) is 0 Å². The van der Waals surface area contributed by atoms with Gasteiger partial charge in [0.25, 0.3) is 0 Å². The molecule has 0 amide bonds. The van der Waals surface area contributed by atoms with Gasteiger partial charge in [0.15, 0.2) is 0 Å². The van der Waals surface area contributed by atoms with Crippen molar-refractivity contribution < 1.29 is 0 Å². The number of hydrogen-bond acceptors (Lipinski definition) is 1. The fraction of sp³-hybridized carbons (Fsp3) is 0.440. The Bertz CT molecular complexity index is 841. The molecule has 2 nitrogen and oxygen atoms in total. The molecule has 4 rings (SSSR count). The van der Waals surface area contributed by atoms with Crippen molar-refractivity contribution in [2.75, 3.05) is 19.6 Å². The highest BCUT2D eigenvalue weighted by Crippen LogP contribution is 2.28. The minimum atomic E-state index is 0.765. The first-order valence-electron chi connectivity index (χ1n) is 10.7. The van der Waals surface area contributed by atoms with Crippen LogP contribution in [0.5, 0.6) is 0 Å². The van der Waals surface area contributed by atoms with Gasteiger partial charge >= 0.3 is 0 Å². The summed E-state index contributed by atoms with van der Waals surface area (Å²) in [5.74, 6) is 0.765. The van der Waals surface area contributed by atoms with Gasteiger partial charge in [-0.15, -0.1) is 0 Å². The van der Waals surface area contributed by atoms with Crippen LogP contribution in [0.2, 0.25) is 0 Å². The average molecular weight is 361 g/mol. The van der Waals surface area contributed by atoms with Crippen LogP contribution in [0, 0.1) is 0 Å². The zero-order valence-corrected chi connectivity index (χ0v) is 16.6. The summed E-state index contributed by atoms with van der Waals surface area (Å²) in [4.78, 5) is 6.29. The molecule has 0 unspecified atom stereocenters. The molecule has 0 radical (unpaired) electrons. The van der Waals surface area contributed by atoms with Crippen molar-refractivity contribution in [1.29, 1.82) is 0 Å². The first-order valence-corrected chi connectivity index (χ1v) is 10.7. The van der Waals surface area contributed by atoms with Gasteiger partial charge in [0.2, 0.25) is 0 Å². The number of rotatable bonds is 7. The topological polar surface area (TPSA) is 19.0 Å². The lowest BCUT2D eigenvalue weighted by atomic mass is 9.89. The number of para-hydroxylation sites is 1. The largest absolute Gasteiger partial charge is 0.358 e. The van der Waals surface area contributed by atoms with E-state index in [0.29, 0.717) is 0 Å². The smallest absolute Gasteiger partial charge is 0.0458 e. The maximum absolute atomic E-state index is 3.61. The molecular weight excluding hydrogens is 328 g/mol. The Labute approximate surface area is 163 Å². The number of aryl methyl sites for hydroxylation is 2. The van der Waals surface area contributed by atoms with Crippen molar-refractivity contribution in [2.45, 2.75) is 51.4 Å². The van der Waals surface area contributed by atoms with E-state index in [2.05, 4.69) is 71.4 Å². The predicted molar refractivity (Wildman–Crippen MR) is 115 cm³/mol. The van der Waals surface area contributed by atoms with E-state index >= 15 is 0 Å². The van der Waals surface area contributed by atoms with Gasteiger partial charge < -0.3 is 9.88 Å². The zero-order valence-electron chi connectivity index (χ0n) is 16.6. The van der Waals surface area contributed by atoms with Gasteiger partial charge in [0.1, 0.15) is 0 Å².